The number of nitrogens with zero attached hydrogens (tertiary/aromatic N) is 1. The third-order valence-corrected chi connectivity index (χ3v) is 2.47. The van der Waals surface area contributed by atoms with Crippen LogP contribution in [0.5, 0.6) is 0 Å². The minimum Gasteiger partial charge on any atom is -0.467 e. The summed E-state index contributed by atoms with van der Waals surface area (Å²) in [5.41, 5.74) is -0.321. The van der Waals surface area contributed by atoms with Crippen molar-refractivity contribution < 1.29 is 19.6 Å². The molecule has 0 aliphatic heterocycles. The Kier molecular flexibility index (Phi) is 4.87. The molecule has 0 amide bonds. The number of rotatable bonds is 5. The van der Waals surface area contributed by atoms with E-state index in [0.717, 1.165) is 7.11 Å². The van der Waals surface area contributed by atoms with E-state index in [9.17, 15) is 14.9 Å². The van der Waals surface area contributed by atoms with Gasteiger partial charge in [-0.3, -0.25) is 10.1 Å². The molecule has 1 aromatic rings. The lowest BCUT2D eigenvalue weighted by Crippen LogP contribution is -2.34. The summed E-state index contributed by atoms with van der Waals surface area (Å²) in [5, 5.41) is 22.3. The Morgan fingerprint density at radius 1 is 1.67 bits per heavy atom. The Balaban J connectivity index is 3.06. The molecule has 0 fully saturated rings. The van der Waals surface area contributed by atoms with Crippen LogP contribution in [0.4, 0.5) is 11.4 Å². The SMILES string of the molecule is COC(=O)C(CO)Nc1cccc(Cl)c1[N+](=O)[O-]. The first-order chi connectivity index (χ1) is 8.51. The molecule has 0 aliphatic rings. The number of aliphatic hydroxyl groups excluding tert-OH is 1. The number of benzene rings is 1. The van der Waals surface area contributed by atoms with Gasteiger partial charge < -0.3 is 15.2 Å². The van der Waals surface area contributed by atoms with Crippen LogP contribution in [-0.4, -0.2) is 35.8 Å². The summed E-state index contributed by atoms with van der Waals surface area (Å²) < 4.78 is 4.44. The van der Waals surface area contributed by atoms with Gasteiger partial charge in [0.25, 0.3) is 0 Å². The second-order valence-corrected chi connectivity index (χ2v) is 3.70. The first kappa shape index (κ1) is 14.2. The molecule has 0 aromatic heterocycles. The molecule has 18 heavy (non-hydrogen) atoms. The van der Waals surface area contributed by atoms with Gasteiger partial charge in [0.05, 0.1) is 18.6 Å². The average molecular weight is 275 g/mol. The highest BCUT2D eigenvalue weighted by molar-refractivity contribution is 6.33. The summed E-state index contributed by atoms with van der Waals surface area (Å²) in [6.07, 6.45) is 0. The number of nitrogens with one attached hydrogen (secondary N) is 1. The summed E-state index contributed by atoms with van der Waals surface area (Å²) in [6.45, 7) is -0.559. The van der Waals surface area contributed by atoms with Crippen molar-refractivity contribution in [2.45, 2.75) is 6.04 Å². The lowest BCUT2D eigenvalue weighted by atomic mass is 10.2. The second kappa shape index (κ2) is 6.18. The third-order valence-electron chi connectivity index (χ3n) is 2.17. The number of carbonyl (C=O) groups is 1. The largest absolute Gasteiger partial charge is 0.467 e. The molecule has 8 heteroatoms. The van der Waals surface area contributed by atoms with E-state index in [1.807, 2.05) is 0 Å². The number of hydrogen-bond donors (Lipinski definition) is 2. The normalized spacial score (nSPS) is 11.7. The minimum absolute atomic E-state index is 0.0388. The maximum Gasteiger partial charge on any atom is 0.330 e. The van der Waals surface area contributed by atoms with Crippen LogP contribution in [0.2, 0.25) is 5.02 Å². The van der Waals surface area contributed by atoms with Crippen molar-refractivity contribution >= 4 is 28.9 Å². The number of halogens is 1. The molecule has 7 nitrogen and oxygen atoms in total. The van der Waals surface area contributed by atoms with Gasteiger partial charge >= 0.3 is 11.7 Å². The fraction of sp³-hybridized carbons (Fsp3) is 0.300. The van der Waals surface area contributed by atoms with E-state index >= 15 is 0 Å². The van der Waals surface area contributed by atoms with E-state index in [-0.39, 0.29) is 16.4 Å². The van der Waals surface area contributed by atoms with Crippen molar-refractivity contribution in [2.75, 3.05) is 19.0 Å². The number of carbonyl (C=O) groups excluding carboxylic acids is 1. The van der Waals surface area contributed by atoms with Crippen molar-refractivity contribution in [3.05, 3.63) is 33.3 Å². The topological polar surface area (TPSA) is 102 Å². The van der Waals surface area contributed by atoms with Crippen molar-refractivity contribution in [2.24, 2.45) is 0 Å². The smallest absolute Gasteiger partial charge is 0.330 e. The number of ether oxygens (including phenoxy) is 1. The number of methoxy groups -OCH3 is 1. The Morgan fingerprint density at radius 2 is 2.33 bits per heavy atom. The standard InChI is InChI=1S/C10H11ClN2O5/c1-18-10(15)8(5-14)12-7-4-2-3-6(11)9(7)13(16)17/h2-4,8,12,14H,5H2,1H3. The van der Waals surface area contributed by atoms with E-state index in [1.54, 1.807) is 0 Å². The summed E-state index contributed by atoms with van der Waals surface area (Å²) in [7, 11) is 1.15. The zero-order chi connectivity index (χ0) is 13.7. The monoisotopic (exact) mass is 274 g/mol. The molecular formula is C10H11ClN2O5. The Morgan fingerprint density at radius 3 is 2.83 bits per heavy atom. The number of hydrogen-bond acceptors (Lipinski definition) is 6. The second-order valence-electron chi connectivity index (χ2n) is 3.30. The zero-order valence-corrected chi connectivity index (χ0v) is 10.2. The summed E-state index contributed by atoms with van der Waals surface area (Å²) in [4.78, 5) is 21.4. The maximum atomic E-state index is 11.3. The van der Waals surface area contributed by atoms with E-state index in [2.05, 4.69) is 10.1 Å². The minimum atomic E-state index is -1.09. The van der Waals surface area contributed by atoms with Gasteiger partial charge in [0.1, 0.15) is 16.8 Å². The van der Waals surface area contributed by atoms with Gasteiger partial charge in [0, 0.05) is 0 Å². The summed E-state index contributed by atoms with van der Waals surface area (Å²) in [6, 6.07) is 3.14. The van der Waals surface area contributed by atoms with E-state index < -0.39 is 23.5 Å². The molecule has 0 aliphatic carbocycles. The molecule has 0 spiro atoms. The van der Waals surface area contributed by atoms with Crippen LogP contribution in [0, 0.1) is 10.1 Å². The molecule has 2 N–H and O–H groups in total. The molecule has 1 atom stereocenters. The van der Waals surface area contributed by atoms with Crippen molar-refractivity contribution in [3.63, 3.8) is 0 Å². The van der Waals surface area contributed by atoms with Crippen molar-refractivity contribution in [1.29, 1.82) is 0 Å². The van der Waals surface area contributed by atoms with Crippen LogP contribution in [0.25, 0.3) is 0 Å². The van der Waals surface area contributed by atoms with Gasteiger partial charge in [0.15, 0.2) is 0 Å². The highest BCUT2D eigenvalue weighted by Gasteiger charge is 2.24. The predicted molar refractivity (Wildman–Crippen MR) is 64.6 cm³/mol. The lowest BCUT2D eigenvalue weighted by Gasteiger charge is -2.15. The molecule has 1 rings (SSSR count). The van der Waals surface area contributed by atoms with Crippen molar-refractivity contribution in [1.82, 2.24) is 0 Å². The summed E-state index contributed by atoms with van der Waals surface area (Å²) in [5.74, 6) is -0.730. The Hall–Kier alpha value is -1.86. The number of nitro benzene ring substituents is 1. The molecule has 98 valence electrons. The molecule has 0 heterocycles. The van der Waals surface area contributed by atoms with Crippen LogP contribution < -0.4 is 5.32 Å². The number of nitro groups is 1. The summed E-state index contributed by atoms with van der Waals surface area (Å²) >= 11 is 5.70. The molecule has 1 aromatic carbocycles. The van der Waals surface area contributed by atoms with Gasteiger partial charge in [-0.15, -0.1) is 0 Å². The van der Waals surface area contributed by atoms with Crippen LogP contribution in [0.3, 0.4) is 0 Å². The number of aliphatic hydroxyl groups is 1. The van der Waals surface area contributed by atoms with Gasteiger partial charge in [-0.05, 0) is 12.1 Å². The molecule has 0 radical (unpaired) electrons. The molecule has 0 saturated carbocycles. The Bertz CT molecular complexity index is 466. The first-order valence-electron chi connectivity index (χ1n) is 4.89. The van der Waals surface area contributed by atoms with Gasteiger partial charge in [-0.25, -0.2) is 4.79 Å². The van der Waals surface area contributed by atoms with Gasteiger partial charge in [0.2, 0.25) is 0 Å². The molecular weight excluding hydrogens is 264 g/mol. The Labute approximate surface area is 107 Å². The average Bonchev–Trinajstić information content (AvgIpc) is 2.34. The lowest BCUT2D eigenvalue weighted by molar-refractivity contribution is -0.383. The fourth-order valence-corrected chi connectivity index (χ4v) is 1.57. The first-order valence-corrected chi connectivity index (χ1v) is 5.27. The van der Waals surface area contributed by atoms with Crippen LogP contribution in [0.15, 0.2) is 18.2 Å². The third kappa shape index (κ3) is 3.08. The quantitative estimate of drug-likeness (QED) is 0.475. The van der Waals surface area contributed by atoms with Crippen LogP contribution in [0.1, 0.15) is 0 Å². The molecule has 1 unspecified atom stereocenters. The predicted octanol–water partition coefficient (Wildman–Crippen LogP) is 1.19. The van der Waals surface area contributed by atoms with Crippen LogP contribution in [-0.2, 0) is 9.53 Å². The fourth-order valence-electron chi connectivity index (χ4n) is 1.33. The van der Waals surface area contributed by atoms with E-state index in [4.69, 9.17) is 16.7 Å². The number of para-hydroxylation sites is 1. The maximum absolute atomic E-state index is 11.3. The van der Waals surface area contributed by atoms with E-state index in [1.165, 1.54) is 18.2 Å². The zero-order valence-electron chi connectivity index (χ0n) is 9.42. The van der Waals surface area contributed by atoms with Crippen molar-refractivity contribution in [3.8, 4) is 0 Å². The number of anilines is 1. The highest BCUT2D eigenvalue weighted by Crippen LogP contribution is 2.32. The van der Waals surface area contributed by atoms with E-state index in [0.29, 0.717) is 0 Å². The van der Waals surface area contributed by atoms with Gasteiger partial charge in [-0.2, -0.15) is 0 Å². The number of esters is 1. The molecule has 0 saturated heterocycles. The highest BCUT2D eigenvalue weighted by atomic mass is 35.5. The van der Waals surface area contributed by atoms with Gasteiger partial charge in [-0.1, -0.05) is 17.7 Å². The van der Waals surface area contributed by atoms with Crippen LogP contribution >= 0.6 is 11.6 Å². The molecule has 0 bridgehead atoms.